The molecule has 2 aromatic rings. The zero-order valence-electron chi connectivity index (χ0n) is 10.4. The van der Waals surface area contributed by atoms with Crippen LogP contribution in [0, 0.1) is 6.92 Å². The van der Waals surface area contributed by atoms with Gasteiger partial charge in [-0.2, -0.15) is 0 Å². The molecular formula is C12H18ClN5. The molecule has 1 aliphatic heterocycles. The normalized spacial score (nSPS) is 16.9. The summed E-state index contributed by atoms with van der Waals surface area (Å²) >= 11 is 0. The molecule has 5 nitrogen and oxygen atoms in total. The lowest BCUT2D eigenvalue weighted by Crippen LogP contribution is -2.40. The molecule has 0 saturated carbocycles. The van der Waals surface area contributed by atoms with Crippen LogP contribution in [0.5, 0.6) is 0 Å². The van der Waals surface area contributed by atoms with Gasteiger partial charge < -0.3 is 15.6 Å². The number of fused-ring (bicyclic) bond motifs is 1. The summed E-state index contributed by atoms with van der Waals surface area (Å²) in [7, 11) is 0. The fraction of sp³-hybridized carbons (Fsp3) is 0.500. The number of anilines is 1. The Bertz CT molecular complexity index is 530. The minimum Gasteiger partial charge on any atom is -0.356 e. The van der Waals surface area contributed by atoms with E-state index in [9.17, 15) is 0 Å². The van der Waals surface area contributed by atoms with E-state index in [1.807, 2.05) is 6.20 Å². The molecule has 0 spiro atoms. The molecule has 0 aliphatic carbocycles. The highest BCUT2D eigenvalue weighted by molar-refractivity contribution is 5.90. The van der Waals surface area contributed by atoms with Crippen LogP contribution in [-0.2, 0) is 0 Å². The number of nitrogens with one attached hydrogen (secondary N) is 1. The van der Waals surface area contributed by atoms with E-state index in [2.05, 4.69) is 26.8 Å². The third-order valence-corrected chi connectivity index (χ3v) is 3.49. The minimum absolute atomic E-state index is 0. The van der Waals surface area contributed by atoms with Crippen molar-refractivity contribution in [2.45, 2.75) is 25.8 Å². The second kappa shape index (κ2) is 5.12. The second-order valence-corrected chi connectivity index (χ2v) is 4.72. The Morgan fingerprint density at radius 2 is 2.06 bits per heavy atom. The smallest absolute Gasteiger partial charge is 0.143 e. The average molecular weight is 268 g/mol. The van der Waals surface area contributed by atoms with E-state index < -0.39 is 0 Å². The van der Waals surface area contributed by atoms with Crippen molar-refractivity contribution in [3.63, 3.8) is 0 Å². The number of H-pyrrole nitrogens is 1. The Kier molecular flexibility index (Phi) is 3.73. The Morgan fingerprint density at radius 1 is 1.33 bits per heavy atom. The van der Waals surface area contributed by atoms with E-state index in [-0.39, 0.29) is 12.4 Å². The van der Waals surface area contributed by atoms with Crippen molar-refractivity contribution in [1.82, 2.24) is 15.0 Å². The van der Waals surface area contributed by atoms with Gasteiger partial charge in [-0.15, -0.1) is 12.4 Å². The van der Waals surface area contributed by atoms with Crippen molar-refractivity contribution in [3.05, 3.63) is 18.1 Å². The Hall–Kier alpha value is -1.33. The number of nitrogens with zero attached hydrogens (tertiary/aromatic N) is 3. The first-order chi connectivity index (χ1) is 8.25. The van der Waals surface area contributed by atoms with Crippen LogP contribution in [0.25, 0.3) is 11.0 Å². The maximum atomic E-state index is 5.93. The van der Waals surface area contributed by atoms with Crippen LogP contribution in [0.1, 0.15) is 18.4 Å². The molecule has 98 valence electrons. The predicted octanol–water partition coefficient (Wildman–Crippen LogP) is 1.62. The number of nitrogens with two attached hydrogens (primary N) is 1. The summed E-state index contributed by atoms with van der Waals surface area (Å²) in [6.45, 7) is 4.05. The molecule has 3 rings (SSSR count). The van der Waals surface area contributed by atoms with E-state index in [0.717, 1.165) is 42.8 Å². The van der Waals surface area contributed by atoms with Crippen molar-refractivity contribution < 1.29 is 0 Å². The first kappa shape index (κ1) is 13.1. The number of hydrogen-bond acceptors (Lipinski definition) is 4. The molecule has 0 radical (unpaired) electrons. The predicted molar refractivity (Wildman–Crippen MR) is 75.3 cm³/mol. The largest absolute Gasteiger partial charge is 0.356 e. The van der Waals surface area contributed by atoms with Gasteiger partial charge in [-0.25, -0.2) is 9.97 Å². The molecule has 0 amide bonds. The molecule has 0 atom stereocenters. The minimum atomic E-state index is 0. The SMILES string of the molecule is Cc1c[nH]c2ncnc(N3CCC(N)CC3)c12.Cl. The van der Waals surface area contributed by atoms with E-state index >= 15 is 0 Å². The number of aromatic nitrogens is 3. The average Bonchev–Trinajstić information content (AvgIpc) is 2.73. The fourth-order valence-corrected chi connectivity index (χ4v) is 2.45. The summed E-state index contributed by atoms with van der Waals surface area (Å²) in [5, 5.41) is 1.14. The first-order valence-electron chi connectivity index (χ1n) is 6.05. The van der Waals surface area contributed by atoms with Gasteiger partial charge in [0.2, 0.25) is 0 Å². The van der Waals surface area contributed by atoms with Gasteiger partial charge in [-0.3, -0.25) is 0 Å². The molecule has 0 aromatic carbocycles. The second-order valence-electron chi connectivity index (χ2n) is 4.72. The van der Waals surface area contributed by atoms with Crippen molar-refractivity contribution in [1.29, 1.82) is 0 Å². The third-order valence-electron chi connectivity index (χ3n) is 3.49. The van der Waals surface area contributed by atoms with Crippen LogP contribution >= 0.6 is 12.4 Å². The van der Waals surface area contributed by atoms with Crippen molar-refractivity contribution in [3.8, 4) is 0 Å². The van der Waals surface area contributed by atoms with Gasteiger partial charge in [0.05, 0.1) is 5.39 Å². The molecule has 1 aliphatic rings. The Morgan fingerprint density at radius 3 is 2.78 bits per heavy atom. The highest BCUT2D eigenvalue weighted by atomic mass is 35.5. The zero-order chi connectivity index (χ0) is 11.8. The number of rotatable bonds is 1. The molecule has 3 N–H and O–H groups in total. The highest BCUT2D eigenvalue weighted by Gasteiger charge is 2.20. The zero-order valence-corrected chi connectivity index (χ0v) is 11.2. The van der Waals surface area contributed by atoms with Gasteiger partial charge in [-0.1, -0.05) is 0 Å². The summed E-state index contributed by atoms with van der Waals surface area (Å²) in [5.41, 5.74) is 8.05. The maximum Gasteiger partial charge on any atom is 0.143 e. The lowest BCUT2D eigenvalue weighted by molar-refractivity contribution is 0.499. The van der Waals surface area contributed by atoms with E-state index in [0.29, 0.717) is 6.04 Å². The lowest BCUT2D eigenvalue weighted by atomic mass is 10.1. The van der Waals surface area contributed by atoms with E-state index in [1.165, 1.54) is 5.56 Å². The number of piperidine rings is 1. The number of aromatic amines is 1. The van der Waals surface area contributed by atoms with Crippen LogP contribution in [0.3, 0.4) is 0 Å². The standard InChI is InChI=1S/C12H17N5.ClH/c1-8-6-14-11-10(8)12(16-7-15-11)17-4-2-9(13)3-5-17;/h6-7,9H,2-5,13H2,1H3,(H,14,15,16);1H. The molecule has 3 heterocycles. The molecule has 2 aromatic heterocycles. The molecular weight excluding hydrogens is 250 g/mol. The first-order valence-corrected chi connectivity index (χ1v) is 6.05. The van der Waals surface area contributed by atoms with E-state index in [1.54, 1.807) is 6.33 Å². The van der Waals surface area contributed by atoms with Gasteiger partial charge in [0, 0.05) is 25.3 Å². The number of halogens is 1. The topological polar surface area (TPSA) is 70.8 Å². The highest BCUT2D eigenvalue weighted by Crippen LogP contribution is 2.27. The summed E-state index contributed by atoms with van der Waals surface area (Å²) < 4.78 is 0. The summed E-state index contributed by atoms with van der Waals surface area (Å²) in [6.07, 6.45) is 5.69. The maximum absolute atomic E-state index is 5.93. The van der Waals surface area contributed by atoms with Crippen LogP contribution in [0.15, 0.2) is 12.5 Å². The molecule has 1 saturated heterocycles. The monoisotopic (exact) mass is 267 g/mol. The molecule has 0 bridgehead atoms. The number of hydrogen-bond donors (Lipinski definition) is 2. The summed E-state index contributed by atoms with van der Waals surface area (Å²) in [5.74, 6) is 1.04. The van der Waals surface area contributed by atoms with Crippen molar-refractivity contribution in [2.24, 2.45) is 5.73 Å². The van der Waals surface area contributed by atoms with Gasteiger partial charge in [0.15, 0.2) is 0 Å². The lowest BCUT2D eigenvalue weighted by Gasteiger charge is -2.31. The van der Waals surface area contributed by atoms with Crippen LogP contribution in [0.2, 0.25) is 0 Å². The van der Waals surface area contributed by atoms with Gasteiger partial charge >= 0.3 is 0 Å². The van der Waals surface area contributed by atoms with Crippen LogP contribution in [-0.4, -0.2) is 34.1 Å². The Labute approximate surface area is 112 Å². The number of aryl methyl sites for hydroxylation is 1. The van der Waals surface area contributed by atoms with Crippen LogP contribution in [0.4, 0.5) is 5.82 Å². The molecule has 1 fully saturated rings. The third kappa shape index (κ3) is 2.15. The van der Waals surface area contributed by atoms with Crippen molar-refractivity contribution in [2.75, 3.05) is 18.0 Å². The van der Waals surface area contributed by atoms with Gasteiger partial charge in [0.1, 0.15) is 17.8 Å². The summed E-state index contributed by atoms with van der Waals surface area (Å²) in [4.78, 5) is 14.2. The Balaban J connectivity index is 0.00000120. The molecule has 0 unspecified atom stereocenters. The molecule has 18 heavy (non-hydrogen) atoms. The fourth-order valence-electron chi connectivity index (χ4n) is 2.45. The van der Waals surface area contributed by atoms with E-state index in [4.69, 9.17) is 5.73 Å². The van der Waals surface area contributed by atoms with Crippen LogP contribution < -0.4 is 10.6 Å². The van der Waals surface area contributed by atoms with Crippen molar-refractivity contribution >= 4 is 29.3 Å². The van der Waals surface area contributed by atoms with Gasteiger partial charge in [0.25, 0.3) is 0 Å². The molecule has 6 heteroatoms. The quantitative estimate of drug-likeness (QED) is 0.824. The summed E-state index contributed by atoms with van der Waals surface area (Å²) in [6, 6.07) is 0.343. The van der Waals surface area contributed by atoms with Gasteiger partial charge in [-0.05, 0) is 25.3 Å².